The molecule has 1 atom stereocenters. The van der Waals surface area contributed by atoms with Gasteiger partial charge in [-0.05, 0) is 0 Å². The van der Waals surface area contributed by atoms with Crippen LogP contribution in [0.5, 0.6) is 0 Å². The van der Waals surface area contributed by atoms with Gasteiger partial charge in [-0.15, -0.1) is 4.67 Å². The Labute approximate surface area is 82.3 Å². The SMILES string of the molecule is C[N+](C)(C)CCOOP(=O)(O)OCF. The molecule has 0 heterocycles. The summed E-state index contributed by atoms with van der Waals surface area (Å²) in [6, 6.07) is 0. The lowest BCUT2D eigenvalue weighted by Crippen LogP contribution is -2.37. The highest BCUT2D eigenvalue weighted by molar-refractivity contribution is 7.47. The van der Waals surface area contributed by atoms with E-state index in [0.717, 1.165) is 0 Å². The fraction of sp³-hybridized carbons (Fsp3) is 1.00. The van der Waals surface area contributed by atoms with Gasteiger partial charge in [-0.2, -0.15) is 0 Å². The van der Waals surface area contributed by atoms with Crippen LogP contribution in [-0.4, -0.2) is 50.5 Å². The van der Waals surface area contributed by atoms with Crippen molar-refractivity contribution in [2.75, 3.05) is 41.2 Å². The molecular weight excluding hydrogens is 216 g/mol. The first-order valence-electron chi connectivity index (χ1n) is 3.92. The van der Waals surface area contributed by atoms with Crippen molar-refractivity contribution in [1.29, 1.82) is 0 Å². The number of quaternary nitrogens is 1. The fourth-order valence-electron chi connectivity index (χ4n) is 0.498. The fourth-order valence-corrected chi connectivity index (χ4v) is 0.872. The average molecular weight is 232 g/mol. The van der Waals surface area contributed by atoms with Crippen LogP contribution in [0.15, 0.2) is 0 Å². The topological polar surface area (TPSA) is 65.0 Å². The average Bonchev–Trinajstić information content (AvgIpc) is 1.96. The first-order chi connectivity index (χ1) is 6.27. The zero-order valence-electron chi connectivity index (χ0n) is 8.47. The van der Waals surface area contributed by atoms with Crippen LogP contribution in [0.4, 0.5) is 4.39 Å². The van der Waals surface area contributed by atoms with Crippen LogP contribution in [0, 0.1) is 0 Å². The van der Waals surface area contributed by atoms with Gasteiger partial charge in [-0.1, -0.05) is 0 Å². The van der Waals surface area contributed by atoms with E-state index in [0.29, 0.717) is 11.0 Å². The van der Waals surface area contributed by atoms with Crippen LogP contribution < -0.4 is 0 Å². The van der Waals surface area contributed by atoms with E-state index in [1.54, 1.807) is 0 Å². The second-order valence-corrected chi connectivity index (χ2v) is 4.96. The largest absolute Gasteiger partial charge is 0.501 e. The van der Waals surface area contributed by atoms with E-state index in [1.807, 2.05) is 21.1 Å². The monoisotopic (exact) mass is 232 g/mol. The molecule has 1 N–H and O–H groups in total. The smallest absolute Gasteiger partial charge is 0.329 e. The second-order valence-electron chi connectivity index (χ2n) is 3.62. The first-order valence-corrected chi connectivity index (χ1v) is 5.41. The van der Waals surface area contributed by atoms with Crippen LogP contribution in [0.3, 0.4) is 0 Å². The standard InChI is InChI=1S/C6H15FNO5P/c1-8(2,3)4-5-11-13-14(9,10)12-6-7/h4-6H2,1-3H3/p+1. The van der Waals surface area contributed by atoms with E-state index in [4.69, 9.17) is 4.89 Å². The summed E-state index contributed by atoms with van der Waals surface area (Å²) in [7, 11) is 1.37. The molecule has 0 aliphatic carbocycles. The lowest BCUT2D eigenvalue weighted by Gasteiger charge is -2.23. The summed E-state index contributed by atoms with van der Waals surface area (Å²) in [5, 5.41) is 0. The van der Waals surface area contributed by atoms with Crippen molar-refractivity contribution in [3.05, 3.63) is 0 Å². The predicted octanol–water partition coefficient (Wildman–Crippen LogP) is 0.685. The molecule has 86 valence electrons. The Morgan fingerprint density at radius 1 is 1.43 bits per heavy atom. The molecule has 1 unspecified atom stereocenters. The summed E-state index contributed by atoms with van der Waals surface area (Å²) in [6.07, 6.45) is 0. The van der Waals surface area contributed by atoms with Gasteiger partial charge in [0.15, 0.2) is 6.86 Å². The number of alkyl halides is 1. The molecule has 0 aliphatic rings. The van der Waals surface area contributed by atoms with E-state index in [9.17, 15) is 8.96 Å². The number of rotatable bonds is 7. The number of likely N-dealkylation sites (N-methyl/N-ethyl adjacent to an activating group) is 1. The lowest BCUT2D eigenvalue weighted by atomic mass is 10.5. The minimum absolute atomic E-state index is 0.115. The maximum atomic E-state index is 11.5. The van der Waals surface area contributed by atoms with Crippen molar-refractivity contribution in [3.63, 3.8) is 0 Å². The first kappa shape index (κ1) is 14.0. The van der Waals surface area contributed by atoms with E-state index in [2.05, 4.69) is 14.1 Å². The van der Waals surface area contributed by atoms with Gasteiger partial charge in [0.2, 0.25) is 0 Å². The van der Waals surface area contributed by atoms with Gasteiger partial charge in [0.05, 0.1) is 21.1 Å². The minimum atomic E-state index is -4.38. The summed E-state index contributed by atoms with van der Waals surface area (Å²) >= 11 is 0. The second kappa shape index (κ2) is 5.75. The van der Waals surface area contributed by atoms with Crippen molar-refractivity contribution in [2.24, 2.45) is 0 Å². The molecule has 0 aromatic carbocycles. The van der Waals surface area contributed by atoms with Crippen LogP contribution in [-0.2, 0) is 18.7 Å². The van der Waals surface area contributed by atoms with Crippen LogP contribution in [0.2, 0.25) is 0 Å². The molecule has 0 spiro atoms. The Kier molecular flexibility index (Phi) is 5.73. The number of halogens is 1. The number of phosphoric acid groups is 1. The summed E-state index contributed by atoms with van der Waals surface area (Å²) in [5.41, 5.74) is 0. The number of hydrogen-bond acceptors (Lipinski definition) is 4. The van der Waals surface area contributed by atoms with Crippen molar-refractivity contribution >= 4 is 7.82 Å². The molecule has 0 amide bonds. The molecular formula is C6H16FNO5P+. The van der Waals surface area contributed by atoms with Gasteiger partial charge in [-0.25, -0.2) is 13.8 Å². The van der Waals surface area contributed by atoms with Gasteiger partial charge >= 0.3 is 7.82 Å². The third-order valence-corrected chi connectivity index (χ3v) is 1.92. The highest BCUT2D eigenvalue weighted by Gasteiger charge is 2.22. The van der Waals surface area contributed by atoms with Gasteiger partial charge in [0.1, 0.15) is 13.2 Å². The zero-order valence-corrected chi connectivity index (χ0v) is 9.37. The Balaban J connectivity index is 3.59. The van der Waals surface area contributed by atoms with Crippen LogP contribution in [0.25, 0.3) is 0 Å². The molecule has 0 bridgehead atoms. The van der Waals surface area contributed by atoms with E-state index >= 15 is 0 Å². The molecule has 0 rings (SSSR count). The van der Waals surface area contributed by atoms with Gasteiger partial charge < -0.3 is 9.38 Å². The molecule has 0 saturated heterocycles. The van der Waals surface area contributed by atoms with Crippen molar-refractivity contribution < 1.29 is 32.4 Å². The normalized spacial score (nSPS) is 16.6. The zero-order chi connectivity index (χ0) is 11.2. The van der Waals surface area contributed by atoms with Gasteiger partial charge in [0, 0.05) is 0 Å². The number of hydrogen-bond donors (Lipinski definition) is 1. The quantitative estimate of drug-likeness (QED) is 0.230. The summed E-state index contributed by atoms with van der Waals surface area (Å²) in [6.45, 7) is -0.703. The molecule has 0 radical (unpaired) electrons. The molecule has 0 saturated carbocycles. The van der Waals surface area contributed by atoms with Crippen molar-refractivity contribution in [2.45, 2.75) is 0 Å². The molecule has 0 aromatic rings. The number of phosphoric ester groups is 1. The Bertz CT molecular complexity index is 207. The highest BCUT2D eigenvalue weighted by Crippen LogP contribution is 2.43. The Hall–Kier alpha value is -0.0400. The third kappa shape index (κ3) is 8.55. The summed E-state index contributed by atoms with van der Waals surface area (Å²) in [4.78, 5) is 13.1. The van der Waals surface area contributed by atoms with E-state index in [-0.39, 0.29) is 6.61 Å². The number of nitrogens with zero attached hydrogens (tertiary/aromatic N) is 1. The minimum Gasteiger partial charge on any atom is -0.329 e. The maximum absolute atomic E-state index is 11.5. The highest BCUT2D eigenvalue weighted by atomic mass is 31.2. The maximum Gasteiger partial charge on any atom is 0.501 e. The van der Waals surface area contributed by atoms with Crippen LogP contribution in [0.1, 0.15) is 0 Å². The molecule has 6 nitrogen and oxygen atoms in total. The van der Waals surface area contributed by atoms with Crippen molar-refractivity contribution in [3.8, 4) is 0 Å². The van der Waals surface area contributed by atoms with E-state index < -0.39 is 14.7 Å². The molecule has 0 fully saturated rings. The molecule has 8 heteroatoms. The van der Waals surface area contributed by atoms with Gasteiger partial charge in [0.25, 0.3) is 0 Å². The van der Waals surface area contributed by atoms with Crippen molar-refractivity contribution in [1.82, 2.24) is 0 Å². The van der Waals surface area contributed by atoms with E-state index in [1.165, 1.54) is 0 Å². The molecule has 0 aromatic heterocycles. The Morgan fingerprint density at radius 2 is 2.00 bits per heavy atom. The summed E-state index contributed by atoms with van der Waals surface area (Å²) < 4.78 is 30.5. The third-order valence-electron chi connectivity index (χ3n) is 1.20. The lowest BCUT2D eigenvalue weighted by molar-refractivity contribution is -0.871. The molecule has 14 heavy (non-hydrogen) atoms. The van der Waals surface area contributed by atoms with Gasteiger partial charge in [-0.3, -0.25) is 4.52 Å². The van der Waals surface area contributed by atoms with Crippen LogP contribution >= 0.6 is 7.82 Å². The summed E-state index contributed by atoms with van der Waals surface area (Å²) in [5.74, 6) is 0. The Morgan fingerprint density at radius 3 is 2.43 bits per heavy atom. The predicted molar refractivity (Wildman–Crippen MR) is 46.8 cm³/mol. The molecule has 0 aliphatic heterocycles.